The number of amides is 1. The number of carbonyl (C=O) groups excluding carboxylic acids is 1. The molecule has 110 valence electrons. The molecule has 4 heteroatoms. The third-order valence-electron chi connectivity index (χ3n) is 3.48. The van der Waals surface area contributed by atoms with E-state index in [0.717, 1.165) is 23.3 Å². The Bertz CT molecular complexity index is 404. The Morgan fingerprint density at radius 3 is 2.75 bits per heavy atom. The first-order valence-corrected chi connectivity index (χ1v) is 8.41. The van der Waals surface area contributed by atoms with Gasteiger partial charge < -0.3 is 10.1 Å². The summed E-state index contributed by atoms with van der Waals surface area (Å²) in [6.45, 7) is 2.51. The second kappa shape index (κ2) is 8.20. The van der Waals surface area contributed by atoms with Crippen molar-refractivity contribution < 1.29 is 9.53 Å². The summed E-state index contributed by atoms with van der Waals surface area (Å²) in [5.41, 5.74) is 0. The van der Waals surface area contributed by atoms with Gasteiger partial charge in [0.15, 0.2) is 6.10 Å². The predicted octanol–water partition coefficient (Wildman–Crippen LogP) is 3.25. The number of carbonyl (C=O) groups is 1. The van der Waals surface area contributed by atoms with Crippen LogP contribution in [0, 0.1) is 0 Å². The van der Waals surface area contributed by atoms with Gasteiger partial charge in [-0.1, -0.05) is 31.0 Å². The first kappa shape index (κ1) is 15.2. The summed E-state index contributed by atoms with van der Waals surface area (Å²) in [4.78, 5) is 11.9. The standard InChI is InChI=1S/C16H23NO2S/c1-13(19-14-7-3-2-4-8-14)16(18)17-11-12-20-15-9-5-6-10-15/h2-4,7-8,13,15H,5-6,9-12H2,1H3,(H,17,18)/t13-/m1/s1. The molecule has 1 N–H and O–H groups in total. The Balaban J connectivity index is 1.61. The molecule has 0 saturated heterocycles. The molecule has 1 aromatic rings. The Labute approximate surface area is 125 Å². The molecule has 0 radical (unpaired) electrons. The molecule has 2 rings (SSSR count). The lowest BCUT2D eigenvalue weighted by atomic mass is 10.3. The number of hydrogen-bond donors (Lipinski definition) is 1. The van der Waals surface area contributed by atoms with Crippen LogP contribution in [0.5, 0.6) is 5.75 Å². The monoisotopic (exact) mass is 293 g/mol. The van der Waals surface area contributed by atoms with Crippen molar-refractivity contribution in [2.75, 3.05) is 12.3 Å². The molecule has 0 heterocycles. The van der Waals surface area contributed by atoms with E-state index in [0.29, 0.717) is 0 Å². The maximum absolute atomic E-state index is 11.9. The average Bonchev–Trinajstić information content (AvgIpc) is 2.97. The third kappa shape index (κ3) is 5.08. The fourth-order valence-electron chi connectivity index (χ4n) is 2.36. The van der Waals surface area contributed by atoms with Crippen LogP contribution >= 0.6 is 11.8 Å². The molecular weight excluding hydrogens is 270 g/mol. The van der Waals surface area contributed by atoms with Gasteiger partial charge in [-0.2, -0.15) is 11.8 Å². The Kier molecular flexibility index (Phi) is 6.25. The highest BCUT2D eigenvalue weighted by molar-refractivity contribution is 7.99. The van der Waals surface area contributed by atoms with Crippen molar-refractivity contribution in [1.29, 1.82) is 0 Å². The van der Waals surface area contributed by atoms with Gasteiger partial charge in [0.1, 0.15) is 5.75 Å². The van der Waals surface area contributed by atoms with Crippen molar-refractivity contribution in [3.8, 4) is 5.75 Å². The smallest absolute Gasteiger partial charge is 0.260 e. The van der Waals surface area contributed by atoms with Crippen LogP contribution in [0.2, 0.25) is 0 Å². The van der Waals surface area contributed by atoms with E-state index in [9.17, 15) is 4.79 Å². The molecule has 0 bridgehead atoms. The van der Waals surface area contributed by atoms with Crippen molar-refractivity contribution in [1.82, 2.24) is 5.32 Å². The molecule has 3 nitrogen and oxygen atoms in total. The lowest BCUT2D eigenvalue weighted by molar-refractivity contribution is -0.127. The van der Waals surface area contributed by atoms with Crippen LogP contribution < -0.4 is 10.1 Å². The summed E-state index contributed by atoms with van der Waals surface area (Å²) in [6.07, 6.45) is 4.96. The van der Waals surface area contributed by atoms with Crippen molar-refractivity contribution in [2.24, 2.45) is 0 Å². The van der Waals surface area contributed by atoms with Crippen LogP contribution in [-0.2, 0) is 4.79 Å². The summed E-state index contributed by atoms with van der Waals surface area (Å²) < 4.78 is 5.59. The maximum Gasteiger partial charge on any atom is 0.260 e. The van der Waals surface area contributed by atoms with Gasteiger partial charge in [-0.25, -0.2) is 0 Å². The largest absolute Gasteiger partial charge is 0.481 e. The highest BCUT2D eigenvalue weighted by Crippen LogP contribution is 2.28. The zero-order valence-corrected chi connectivity index (χ0v) is 12.8. The normalized spacial score (nSPS) is 16.9. The van der Waals surface area contributed by atoms with E-state index in [-0.39, 0.29) is 5.91 Å². The average molecular weight is 293 g/mol. The Hall–Kier alpha value is -1.16. The SMILES string of the molecule is C[C@@H](Oc1ccccc1)C(=O)NCCSC1CCCC1. The second-order valence-electron chi connectivity index (χ2n) is 5.14. The molecule has 1 amide bonds. The molecule has 1 saturated carbocycles. The minimum Gasteiger partial charge on any atom is -0.481 e. The lowest BCUT2D eigenvalue weighted by Gasteiger charge is -2.15. The summed E-state index contributed by atoms with van der Waals surface area (Å²) in [7, 11) is 0. The van der Waals surface area contributed by atoms with Gasteiger partial charge in [0.05, 0.1) is 0 Å². The minimum absolute atomic E-state index is 0.0409. The second-order valence-corrected chi connectivity index (χ2v) is 6.55. The highest BCUT2D eigenvalue weighted by atomic mass is 32.2. The van der Waals surface area contributed by atoms with Crippen LogP contribution in [0.1, 0.15) is 32.6 Å². The quantitative estimate of drug-likeness (QED) is 0.784. The van der Waals surface area contributed by atoms with E-state index < -0.39 is 6.10 Å². The van der Waals surface area contributed by atoms with E-state index in [1.807, 2.05) is 42.1 Å². The van der Waals surface area contributed by atoms with E-state index in [1.54, 1.807) is 6.92 Å². The number of thioether (sulfide) groups is 1. The molecule has 0 unspecified atom stereocenters. The minimum atomic E-state index is -0.450. The molecule has 1 aliphatic rings. The number of nitrogens with one attached hydrogen (secondary N) is 1. The summed E-state index contributed by atoms with van der Waals surface area (Å²) in [5.74, 6) is 1.69. The van der Waals surface area contributed by atoms with Gasteiger partial charge in [0, 0.05) is 17.5 Å². The number of rotatable bonds is 7. The van der Waals surface area contributed by atoms with Gasteiger partial charge in [-0.15, -0.1) is 0 Å². The molecule has 0 aliphatic heterocycles. The van der Waals surface area contributed by atoms with Gasteiger partial charge >= 0.3 is 0 Å². The van der Waals surface area contributed by atoms with Crippen LogP contribution in [0.15, 0.2) is 30.3 Å². The predicted molar refractivity (Wildman–Crippen MR) is 84.3 cm³/mol. The molecular formula is C16H23NO2S. The fraction of sp³-hybridized carbons (Fsp3) is 0.562. The highest BCUT2D eigenvalue weighted by Gasteiger charge is 2.16. The van der Waals surface area contributed by atoms with Gasteiger partial charge in [0.25, 0.3) is 5.91 Å². The van der Waals surface area contributed by atoms with Crippen molar-refractivity contribution >= 4 is 17.7 Å². The number of para-hydroxylation sites is 1. The molecule has 1 aromatic carbocycles. The van der Waals surface area contributed by atoms with Gasteiger partial charge in [0.2, 0.25) is 0 Å². The van der Waals surface area contributed by atoms with Crippen molar-refractivity contribution in [3.05, 3.63) is 30.3 Å². The Morgan fingerprint density at radius 1 is 1.35 bits per heavy atom. The van der Waals surface area contributed by atoms with Crippen molar-refractivity contribution in [2.45, 2.75) is 44.0 Å². The molecule has 0 spiro atoms. The molecule has 0 aromatic heterocycles. The topological polar surface area (TPSA) is 38.3 Å². The zero-order chi connectivity index (χ0) is 14.2. The van der Waals surface area contributed by atoms with Crippen LogP contribution in [0.3, 0.4) is 0 Å². The fourth-order valence-corrected chi connectivity index (χ4v) is 3.58. The van der Waals surface area contributed by atoms with Gasteiger partial charge in [-0.05, 0) is 31.9 Å². The summed E-state index contributed by atoms with van der Waals surface area (Å²) >= 11 is 1.99. The maximum atomic E-state index is 11.9. The summed E-state index contributed by atoms with van der Waals surface area (Å²) in [6, 6.07) is 9.45. The van der Waals surface area contributed by atoms with Crippen LogP contribution in [0.4, 0.5) is 0 Å². The third-order valence-corrected chi connectivity index (χ3v) is 4.86. The first-order valence-electron chi connectivity index (χ1n) is 7.37. The lowest BCUT2D eigenvalue weighted by Crippen LogP contribution is -2.37. The van der Waals surface area contributed by atoms with E-state index in [2.05, 4.69) is 5.32 Å². The zero-order valence-electron chi connectivity index (χ0n) is 12.0. The number of ether oxygens (including phenoxy) is 1. The Morgan fingerprint density at radius 2 is 2.05 bits per heavy atom. The van der Waals surface area contributed by atoms with Crippen LogP contribution in [-0.4, -0.2) is 29.6 Å². The van der Waals surface area contributed by atoms with Crippen LogP contribution in [0.25, 0.3) is 0 Å². The molecule has 1 fully saturated rings. The van der Waals surface area contributed by atoms with E-state index >= 15 is 0 Å². The van der Waals surface area contributed by atoms with Gasteiger partial charge in [-0.3, -0.25) is 4.79 Å². The number of hydrogen-bond acceptors (Lipinski definition) is 3. The summed E-state index contributed by atoms with van der Waals surface area (Å²) in [5, 5.41) is 3.75. The van der Waals surface area contributed by atoms with E-state index in [1.165, 1.54) is 25.7 Å². The molecule has 1 atom stereocenters. The number of benzene rings is 1. The molecule has 20 heavy (non-hydrogen) atoms. The first-order chi connectivity index (χ1) is 9.75. The molecule has 1 aliphatic carbocycles. The van der Waals surface area contributed by atoms with E-state index in [4.69, 9.17) is 4.74 Å². The van der Waals surface area contributed by atoms with Crippen molar-refractivity contribution in [3.63, 3.8) is 0 Å².